The summed E-state index contributed by atoms with van der Waals surface area (Å²) in [5.41, 5.74) is 2.88. The second-order valence-electron chi connectivity index (χ2n) is 7.78. The zero-order valence-corrected chi connectivity index (χ0v) is 17.3. The molecule has 4 rings (SSSR count). The topological polar surface area (TPSA) is 47.4 Å². The van der Waals surface area contributed by atoms with Gasteiger partial charge < -0.3 is 14.2 Å². The van der Waals surface area contributed by atoms with Crippen molar-refractivity contribution in [3.8, 4) is 5.75 Å². The molecule has 1 aliphatic rings. The zero-order valence-electron chi connectivity index (χ0n) is 17.3. The number of benzene rings is 2. The Morgan fingerprint density at radius 2 is 1.86 bits per heavy atom. The Balaban J connectivity index is 1.66. The van der Waals surface area contributed by atoms with Crippen molar-refractivity contribution in [2.24, 2.45) is 0 Å². The predicted octanol–water partition coefficient (Wildman–Crippen LogP) is 5.21. The van der Waals surface area contributed by atoms with Crippen molar-refractivity contribution in [2.75, 3.05) is 13.7 Å². The summed E-state index contributed by atoms with van der Waals surface area (Å²) < 4.78 is 7.62. The Morgan fingerprint density at radius 1 is 1.14 bits per heavy atom. The van der Waals surface area contributed by atoms with E-state index in [0.29, 0.717) is 24.7 Å². The highest BCUT2D eigenvalue weighted by Gasteiger charge is 2.25. The molecular weight excluding hydrogens is 362 g/mol. The number of para-hydroxylation sites is 2. The molecule has 152 valence electrons. The molecule has 2 aromatic carbocycles. The minimum Gasteiger partial charge on any atom is -0.497 e. The lowest BCUT2D eigenvalue weighted by molar-refractivity contribution is 0.0736. The number of hydrogen-bond donors (Lipinski definition) is 0. The van der Waals surface area contributed by atoms with Gasteiger partial charge in [-0.25, -0.2) is 4.98 Å². The fourth-order valence-corrected chi connectivity index (χ4v) is 4.39. The van der Waals surface area contributed by atoms with Gasteiger partial charge >= 0.3 is 0 Å². The summed E-state index contributed by atoms with van der Waals surface area (Å²) in [6, 6.07) is 16.2. The smallest absolute Gasteiger partial charge is 0.254 e. The van der Waals surface area contributed by atoms with Crippen LogP contribution in [0.15, 0.2) is 48.5 Å². The molecule has 3 aromatic rings. The quantitative estimate of drug-likeness (QED) is 0.555. The van der Waals surface area contributed by atoms with Crippen LogP contribution in [0.2, 0.25) is 0 Å². The molecule has 5 heteroatoms. The number of fused-ring (bicyclic) bond motifs is 1. The van der Waals surface area contributed by atoms with Crippen LogP contribution in [0.4, 0.5) is 0 Å². The maximum absolute atomic E-state index is 13.2. The maximum atomic E-state index is 13.2. The van der Waals surface area contributed by atoms with E-state index in [4.69, 9.17) is 9.72 Å². The first-order valence-corrected chi connectivity index (χ1v) is 10.6. The summed E-state index contributed by atoms with van der Waals surface area (Å²) in [5.74, 6) is 1.79. The molecule has 29 heavy (non-hydrogen) atoms. The molecule has 0 saturated heterocycles. The van der Waals surface area contributed by atoms with Gasteiger partial charge in [0.05, 0.1) is 24.7 Å². The van der Waals surface area contributed by atoms with Gasteiger partial charge in [-0.3, -0.25) is 4.79 Å². The average Bonchev–Trinajstić information content (AvgIpc) is 3.40. The number of rotatable bonds is 7. The zero-order chi connectivity index (χ0) is 20.2. The lowest BCUT2D eigenvalue weighted by atomic mass is 10.2. The molecule has 0 unspecified atom stereocenters. The van der Waals surface area contributed by atoms with Crippen LogP contribution in [0.5, 0.6) is 5.75 Å². The summed E-state index contributed by atoms with van der Waals surface area (Å²) in [6.07, 6.45) is 5.81. The standard InChI is InChI=1S/C24H29N3O2/c1-3-16-26(24(28)18-12-14-20(29-2)15-13-18)17-23-25-21-10-6-7-11-22(21)27(23)19-8-4-5-9-19/h6-7,10-15,19H,3-5,8-9,16-17H2,1-2H3. The van der Waals surface area contributed by atoms with E-state index >= 15 is 0 Å². The number of carbonyl (C=O) groups excluding carboxylic acids is 1. The first-order chi connectivity index (χ1) is 14.2. The Kier molecular flexibility index (Phi) is 5.84. The fraction of sp³-hybridized carbons (Fsp3) is 0.417. The molecule has 0 radical (unpaired) electrons. The van der Waals surface area contributed by atoms with Crippen LogP contribution in [0.3, 0.4) is 0 Å². The highest BCUT2D eigenvalue weighted by atomic mass is 16.5. The summed E-state index contributed by atoms with van der Waals surface area (Å²) in [7, 11) is 1.63. The van der Waals surface area contributed by atoms with E-state index in [1.165, 1.54) is 31.2 Å². The van der Waals surface area contributed by atoms with E-state index in [9.17, 15) is 4.79 Å². The van der Waals surface area contributed by atoms with Crippen molar-refractivity contribution in [2.45, 2.75) is 51.6 Å². The Labute approximate surface area is 172 Å². The van der Waals surface area contributed by atoms with Gasteiger partial charge in [-0.1, -0.05) is 31.9 Å². The number of carbonyl (C=O) groups is 1. The molecule has 5 nitrogen and oxygen atoms in total. The lowest BCUT2D eigenvalue weighted by Crippen LogP contribution is -2.32. The number of imidazole rings is 1. The minimum atomic E-state index is 0.0412. The molecule has 1 heterocycles. The van der Waals surface area contributed by atoms with E-state index < -0.39 is 0 Å². The third kappa shape index (κ3) is 4.00. The molecule has 1 amide bonds. The van der Waals surface area contributed by atoms with Gasteiger partial charge in [0, 0.05) is 18.2 Å². The van der Waals surface area contributed by atoms with Gasteiger partial charge in [0.1, 0.15) is 11.6 Å². The lowest BCUT2D eigenvalue weighted by Gasteiger charge is -2.24. The largest absolute Gasteiger partial charge is 0.497 e. The molecule has 0 atom stereocenters. The summed E-state index contributed by atoms with van der Waals surface area (Å²) in [6.45, 7) is 3.34. The number of nitrogens with zero attached hydrogens (tertiary/aromatic N) is 3. The van der Waals surface area contributed by atoms with E-state index in [-0.39, 0.29) is 5.91 Å². The highest BCUT2D eigenvalue weighted by Crippen LogP contribution is 2.34. The average molecular weight is 392 g/mol. The summed E-state index contributed by atoms with van der Waals surface area (Å²) in [4.78, 5) is 20.1. The van der Waals surface area contributed by atoms with Gasteiger partial charge in [0.15, 0.2) is 0 Å². The molecule has 1 saturated carbocycles. The van der Waals surface area contributed by atoms with Gasteiger partial charge in [0.2, 0.25) is 0 Å². The van der Waals surface area contributed by atoms with Crippen molar-refractivity contribution in [1.82, 2.24) is 14.5 Å². The minimum absolute atomic E-state index is 0.0412. The Bertz CT molecular complexity index is 971. The van der Waals surface area contributed by atoms with Gasteiger partial charge in [0.25, 0.3) is 5.91 Å². The van der Waals surface area contributed by atoms with Crippen LogP contribution >= 0.6 is 0 Å². The first-order valence-electron chi connectivity index (χ1n) is 10.6. The van der Waals surface area contributed by atoms with Crippen LogP contribution in [0, 0.1) is 0 Å². The number of amides is 1. The van der Waals surface area contributed by atoms with Crippen LogP contribution in [-0.2, 0) is 6.54 Å². The highest BCUT2D eigenvalue weighted by molar-refractivity contribution is 5.94. The number of hydrogen-bond acceptors (Lipinski definition) is 3. The SMILES string of the molecule is CCCN(Cc1nc2ccccc2n1C1CCCC1)C(=O)c1ccc(OC)cc1. The van der Waals surface area contributed by atoms with Gasteiger partial charge in [-0.2, -0.15) is 0 Å². The number of aromatic nitrogens is 2. The third-order valence-corrected chi connectivity index (χ3v) is 5.81. The third-order valence-electron chi connectivity index (χ3n) is 5.81. The molecule has 0 bridgehead atoms. The number of methoxy groups -OCH3 is 1. The monoisotopic (exact) mass is 391 g/mol. The van der Waals surface area contributed by atoms with Crippen LogP contribution in [0.1, 0.15) is 61.3 Å². The van der Waals surface area contributed by atoms with Crippen molar-refractivity contribution in [1.29, 1.82) is 0 Å². The van der Waals surface area contributed by atoms with E-state index in [1.54, 1.807) is 7.11 Å². The molecule has 1 aromatic heterocycles. The van der Waals surface area contributed by atoms with E-state index in [0.717, 1.165) is 23.5 Å². The van der Waals surface area contributed by atoms with Crippen LogP contribution in [0.25, 0.3) is 11.0 Å². The number of ether oxygens (including phenoxy) is 1. The second-order valence-corrected chi connectivity index (χ2v) is 7.78. The maximum Gasteiger partial charge on any atom is 0.254 e. The first kappa shape index (κ1) is 19.5. The van der Waals surface area contributed by atoms with E-state index in [2.05, 4.69) is 29.7 Å². The Morgan fingerprint density at radius 3 is 2.55 bits per heavy atom. The fourth-order valence-electron chi connectivity index (χ4n) is 4.39. The molecule has 0 N–H and O–H groups in total. The molecule has 1 aliphatic carbocycles. The van der Waals surface area contributed by atoms with Crippen LogP contribution < -0.4 is 4.74 Å². The molecule has 1 fully saturated rings. The van der Waals surface area contributed by atoms with Crippen molar-refractivity contribution >= 4 is 16.9 Å². The molecular formula is C24H29N3O2. The molecule has 0 spiro atoms. The Hall–Kier alpha value is -2.82. The van der Waals surface area contributed by atoms with Gasteiger partial charge in [-0.15, -0.1) is 0 Å². The summed E-state index contributed by atoms with van der Waals surface area (Å²) >= 11 is 0. The predicted molar refractivity (Wildman–Crippen MR) is 115 cm³/mol. The van der Waals surface area contributed by atoms with Crippen molar-refractivity contribution in [3.05, 3.63) is 59.9 Å². The van der Waals surface area contributed by atoms with Crippen molar-refractivity contribution in [3.63, 3.8) is 0 Å². The molecule has 0 aliphatic heterocycles. The van der Waals surface area contributed by atoms with Crippen LogP contribution in [-0.4, -0.2) is 34.0 Å². The van der Waals surface area contributed by atoms with Gasteiger partial charge in [-0.05, 0) is 55.7 Å². The summed E-state index contributed by atoms with van der Waals surface area (Å²) in [5, 5.41) is 0. The van der Waals surface area contributed by atoms with Crippen molar-refractivity contribution < 1.29 is 9.53 Å². The second kappa shape index (κ2) is 8.68. The van der Waals surface area contributed by atoms with E-state index in [1.807, 2.05) is 35.2 Å². The normalized spacial score (nSPS) is 14.4.